The minimum absolute atomic E-state index is 0.0831. The molecule has 1 saturated heterocycles. The molecule has 0 saturated carbocycles. The lowest BCUT2D eigenvalue weighted by Crippen LogP contribution is -2.41. The second-order valence-electron chi connectivity index (χ2n) is 7.33. The molecule has 1 aromatic carbocycles. The molecular weight excluding hydrogens is 398 g/mol. The van der Waals surface area contributed by atoms with E-state index in [1.807, 2.05) is 41.3 Å². The Kier molecular flexibility index (Phi) is 5.62. The van der Waals surface area contributed by atoms with Crippen LogP contribution in [-0.4, -0.2) is 45.3 Å². The molecule has 1 aromatic heterocycles. The van der Waals surface area contributed by atoms with Gasteiger partial charge in [-0.3, -0.25) is 24.7 Å². The van der Waals surface area contributed by atoms with Crippen LogP contribution in [0.4, 0.5) is 5.69 Å². The second-order valence-corrected chi connectivity index (χ2v) is 7.33. The minimum Gasteiger partial charge on any atom is -0.466 e. The van der Waals surface area contributed by atoms with Crippen LogP contribution in [0.5, 0.6) is 0 Å². The molecule has 8 nitrogen and oxygen atoms in total. The Labute approximate surface area is 179 Å². The Bertz CT molecular complexity index is 1060. The molecular formula is C23H21N3O5. The summed E-state index contributed by atoms with van der Waals surface area (Å²) in [7, 11) is 0. The van der Waals surface area contributed by atoms with Crippen LogP contribution in [0.1, 0.15) is 29.4 Å². The number of rotatable bonds is 6. The Hall–Kier alpha value is -3.81. The van der Waals surface area contributed by atoms with Crippen LogP contribution in [0, 0.1) is 16.0 Å². The van der Waals surface area contributed by atoms with Crippen molar-refractivity contribution in [2.45, 2.75) is 25.4 Å². The van der Waals surface area contributed by atoms with Crippen LogP contribution >= 0.6 is 0 Å². The molecule has 2 aromatic rings. The van der Waals surface area contributed by atoms with E-state index in [1.165, 1.54) is 24.3 Å². The molecule has 2 aliphatic heterocycles. The molecule has 8 heteroatoms. The van der Waals surface area contributed by atoms with Gasteiger partial charge in [0.2, 0.25) is 0 Å². The number of ether oxygens (including phenoxy) is 1. The van der Waals surface area contributed by atoms with Crippen molar-refractivity contribution in [3.8, 4) is 0 Å². The molecule has 4 rings (SSSR count). The van der Waals surface area contributed by atoms with Gasteiger partial charge in [-0.2, -0.15) is 0 Å². The predicted octanol–water partition coefficient (Wildman–Crippen LogP) is 3.41. The Morgan fingerprint density at radius 1 is 1.23 bits per heavy atom. The number of ketones is 1. The summed E-state index contributed by atoms with van der Waals surface area (Å²) >= 11 is 0. The zero-order chi connectivity index (χ0) is 22.0. The molecule has 31 heavy (non-hydrogen) atoms. The normalized spacial score (nSPS) is 21.9. The molecule has 0 radical (unpaired) electrons. The van der Waals surface area contributed by atoms with Crippen molar-refractivity contribution in [2.75, 3.05) is 6.61 Å². The summed E-state index contributed by atoms with van der Waals surface area (Å²) in [4.78, 5) is 42.9. The van der Waals surface area contributed by atoms with Crippen LogP contribution in [0.25, 0.3) is 5.70 Å². The van der Waals surface area contributed by atoms with Gasteiger partial charge in [0.1, 0.15) is 0 Å². The summed E-state index contributed by atoms with van der Waals surface area (Å²) in [6.07, 6.45) is 7.61. The lowest BCUT2D eigenvalue weighted by molar-refractivity contribution is -0.384. The van der Waals surface area contributed by atoms with Crippen molar-refractivity contribution in [3.05, 3.63) is 88.3 Å². The maximum atomic E-state index is 13.5. The number of Topliss-reactive ketones (excluding diaryl/α,β-unsaturated/α-hetero) is 1. The summed E-state index contributed by atoms with van der Waals surface area (Å²) in [5.74, 6) is -1.05. The molecule has 3 heterocycles. The fourth-order valence-corrected chi connectivity index (χ4v) is 4.19. The van der Waals surface area contributed by atoms with Gasteiger partial charge >= 0.3 is 5.97 Å². The molecule has 0 aliphatic carbocycles. The summed E-state index contributed by atoms with van der Waals surface area (Å²) < 4.78 is 5.27. The van der Waals surface area contributed by atoms with E-state index >= 15 is 0 Å². The number of nitrogens with zero attached hydrogens (tertiary/aromatic N) is 3. The van der Waals surface area contributed by atoms with Crippen LogP contribution in [0.15, 0.2) is 66.9 Å². The van der Waals surface area contributed by atoms with Gasteiger partial charge in [0.15, 0.2) is 5.78 Å². The number of non-ortho nitro benzene ring substituents is 1. The molecule has 0 unspecified atom stereocenters. The highest BCUT2D eigenvalue weighted by Crippen LogP contribution is 2.41. The topological polar surface area (TPSA) is 103 Å². The number of nitro groups is 1. The van der Waals surface area contributed by atoms with Gasteiger partial charge in [-0.1, -0.05) is 18.2 Å². The first-order chi connectivity index (χ1) is 15.0. The molecule has 0 bridgehead atoms. The molecule has 2 aliphatic rings. The highest BCUT2D eigenvalue weighted by Gasteiger charge is 2.49. The van der Waals surface area contributed by atoms with Crippen molar-refractivity contribution < 1.29 is 19.2 Å². The summed E-state index contributed by atoms with van der Waals surface area (Å²) in [5, 5.41) is 10.9. The fourth-order valence-electron chi connectivity index (χ4n) is 4.19. The number of esters is 1. The van der Waals surface area contributed by atoms with E-state index in [9.17, 15) is 19.7 Å². The summed E-state index contributed by atoms with van der Waals surface area (Å²) in [5.41, 5.74) is 1.72. The smallest absolute Gasteiger partial charge is 0.311 e. The summed E-state index contributed by atoms with van der Waals surface area (Å²) in [6, 6.07) is 10.1. The largest absolute Gasteiger partial charge is 0.466 e. The van der Waals surface area contributed by atoms with Crippen LogP contribution in [0.2, 0.25) is 0 Å². The first-order valence-electron chi connectivity index (χ1n) is 10.0. The number of hydrogen-bond donors (Lipinski definition) is 0. The van der Waals surface area contributed by atoms with Crippen LogP contribution < -0.4 is 0 Å². The highest BCUT2D eigenvalue weighted by atomic mass is 16.6. The number of benzene rings is 1. The van der Waals surface area contributed by atoms with Crippen molar-refractivity contribution >= 4 is 23.1 Å². The number of aromatic nitrogens is 1. The van der Waals surface area contributed by atoms with E-state index < -0.39 is 16.9 Å². The molecule has 158 valence electrons. The minimum atomic E-state index is -0.626. The van der Waals surface area contributed by atoms with Gasteiger partial charge in [-0.05, 0) is 43.7 Å². The van der Waals surface area contributed by atoms with E-state index in [2.05, 4.69) is 4.98 Å². The second kappa shape index (κ2) is 8.51. The van der Waals surface area contributed by atoms with Gasteiger partial charge in [-0.15, -0.1) is 0 Å². The Morgan fingerprint density at radius 3 is 2.65 bits per heavy atom. The van der Waals surface area contributed by atoms with Crippen molar-refractivity contribution in [3.63, 3.8) is 0 Å². The number of fused-ring (bicyclic) bond motifs is 1. The van der Waals surface area contributed by atoms with Crippen molar-refractivity contribution in [1.82, 2.24) is 9.88 Å². The molecule has 1 fully saturated rings. The maximum absolute atomic E-state index is 13.5. The average molecular weight is 419 g/mol. The van der Waals surface area contributed by atoms with E-state index in [4.69, 9.17) is 4.74 Å². The van der Waals surface area contributed by atoms with E-state index in [0.717, 1.165) is 5.70 Å². The van der Waals surface area contributed by atoms with E-state index in [0.29, 0.717) is 11.3 Å². The van der Waals surface area contributed by atoms with Gasteiger partial charge in [0.25, 0.3) is 5.69 Å². The Morgan fingerprint density at radius 2 is 2.00 bits per heavy atom. The quantitative estimate of drug-likeness (QED) is 0.306. The Balaban J connectivity index is 1.72. The lowest BCUT2D eigenvalue weighted by atomic mass is 9.95. The van der Waals surface area contributed by atoms with Crippen molar-refractivity contribution in [2.24, 2.45) is 5.92 Å². The number of allylic oxidation sites excluding steroid dienone is 2. The van der Waals surface area contributed by atoms with Crippen molar-refractivity contribution in [1.29, 1.82) is 0 Å². The highest BCUT2D eigenvalue weighted by molar-refractivity contribution is 6.02. The number of nitro benzene ring substituents is 1. The first kappa shape index (κ1) is 20.5. The standard InChI is InChI=1S/C23H21N3O5/c1-2-31-23(28)17-14-21(22(27)15-9-11-16(12-10-15)26(29)30)25-19(17)7-5-8-20(25)18-6-3-4-13-24-18/h3-13,17,19,21H,2,14H2,1H3/t17-,19-,21-/m1/s1. The SMILES string of the molecule is CCOC(=O)[C@@H]1C[C@H](C(=O)c2ccc([N+](=O)[O-])cc2)N2C(c3ccccn3)=CC=C[C@H]12. The number of hydrogen-bond acceptors (Lipinski definition) is 7. The van der Waals surface area contributed by atoms with E-state index in [1.54, 1.807) is 13.1 Å². The number of carbonyl (C=O) groups is 2. The van der Waals surface area contributed by atoms with Gasteiger partial charge in [0, 0.05) is 23.9 Å². The summed E-state index contributed by atoms with van der Waals surface area (Å²) in [6.45, 7) is 2.01. The predicted molar refractivity (Wildman–Crippen MR) is 113 cm³/mol. The van der Waals surface area contributed by atoms with Gasteiger partial charge in [0.05, 0.1) is 40.9 Å². The first-order valence-corrected chi connectivity index (χ1v) is 10.0. The molecule has 3 atom stereocenters. The zero-order valence-electron chi connectivity index (χ0n) is 16.9. The lowest BCUT2D eigenvalue weighted by Gasteiger charge is -2.34. The molecule has 0 N–H and O–H groups in total. The third-order valence-corrected chi connectivity index (χ3v) is 5.57. The van der Waals surface area contributed by atoms with Gasteiger partial charge < -0.3 is 9.64 Å². The number of carbonyl (C=O) groups excluding carboxylic acids is 2. The van der Waals surface area contributed by atoms with Crippen LogP contribution in [0.3, 0.4) is 0 Å². The number of pyridine rings is 1. The van der Waals surface area contributed by atoms with Gasteiger partial charge in [-0.25, -0.2) is 0 Å². The van der Waals surface area contributed by atoms with E-state index in [-0.39, 0.29) is 36.5 Å². The van der Waals surface area contributed by atoms with Crippen LogP contribution in [-0.2, 0) is 9.53 Å². The third kappa shape index (κ3) is 3.84. The monoisotopic (exact) mass is 419 g/mol. The zero-order valence-corrected chi connectivity index (χ0v) is 16.9. The molecule has 0 spiro atoms. The fraction of sp³-hybridized carbons (Fsp3) is 0.261. The third-order valence-electron chi connectivity index (χ3n) is 5.57. The average Bonchev–Trinajstić information content (AvgIpc) is 3.19. The molecule has 0 amide bonds. The maximum Gasteiger partial charge on any atom is 0.311 e.